The van der Waals surface area contributed by atoms with Gasteiger partial charge in [-0.2, -0.15) is 0 Å². The maximum absolute atomic E-state index is 6.25. The van der Waals surface area contributed by atoms with Gasteiger partial charge in [0, 0.05) is 0 Å². The molecule has 0 unspecified atom stereocenters. The normalized spacial score (nSPS) is 13.1. The van der Waals surface area contributed by atoms with Gasteiger partial charge in [0.25, 0.3) is 0 Å². The molecular weight excluding hydrogens is 196 g/mol. The summed E-state index contributed by atoms with van der Waals surface area (Å²) in [7, 11) is 0. The molecule has 0 saturated carbocycles. The third-order valence-electron chi connectivity index (χ3n) is 3.71. The van der Waals surface area contributed by atoms with Crippen molar-refractivity contribution < 1.29 is 4.74 Å². The molecule has 0 saturated heterocycles. The topological polar surface area (TPSA) is 9.23 Å². The van der Waals surface area contributed by atoms with Crippen molar-refractivity contribution in [1.82, 2.24) is 0 Å². The van der Waals surface area contributed by atoms with Crippen LogP contribution in [-0.2, 0) is 4.74 Å². The van der Waals surface area contributed by atoms with Crippen LogP contribution in [0.3, 0.4) is 0 Å². The van der Waals surface area contributed by atoms with Gasteiger partial charge in [-0.15, -0.1) is 0 Å². The second kappa shape index (κ2) is 6.05. The van der Waals surface area contributed by atoms with Gasteiger partial charge in [0.2, 0.25) is 0 Å². The maximum atomic E-state index is 6.25. The fraction of sp³-hybridized carbons (Fsp3) is 1.00. The first-order chi connectivity index (χ1) is 5.90. The average molecular weight is 232 g/mol. The molecule has 0 heterocycles. The molecule has 0 atom stereocenters. The molecule has 0 fully saturated rings. The summed E-state index contributed by atoms with van der Waals surface area (Å²) in [5, 5.41) is 0. The largest absolute Gasteiger partial charge is 0.369 e. The molecule has 0 bridgehead atoms. The molecule has 0 aromatic heterocycles. The molecule has 0 rings (SSSR count). The first-order valence-corrected chi connectivity index (χ1v) is 5.60. The minimum absolute atomic E-state index is 0. The smallest absolute Gasteiger partial charge is 0.0681 e. The Labute approximate surface area is 105 Å². The molecule has 0 aromatic carbocycles. The number of hydrogen-bond acceptors (Lipinski definition) is 1. The highest BCUT2D eigenvalue weighted by Gasteiger charge is 2.39. The summed E-state index contributed by atoms with van der Waals surface area (Å²) in [4.78, 5) is 0. The molecule has 16 heavy (non-hydrogen) atoms. The summed E-state index contributed by atoms with van der Waals surface area (Å²) >= 11 is 0. The second-order valence-electron chi connectivity index (χ2n) is 6.62. The molecule has 0 aromatic rings. The Balaban J connectivity index is -0.000000845. The summed E-state index contributed by atoms with van der Waals surface area (Å²) in [6.45, 7) is 19.8. The SMILES string of the molecule is C.C.CC(C)C(C)(C)OC(C)(C)C(C)(C)C. The van der Waals surface area contributed by atoms with Crippen molar-refractivity contribution >= 4 is 0 Å². The molecule has 1 nitrogen and oxygen atoms in total. The predicted octanol–water partition coefficient (Wildman–Crippen LogP) is 5.53. The van der Waals surface area contributed by atoms with Crippen molar-refractivity contribution in [2.24, 2.45) is 11.3 Å². The number of hydrogen-bond donors (Lipinski definition) is 0. The second-order valence-corrected chi connectivity index (χ2v) is 6.62. The van der Waals surface area contributed by atoms with Gasteiger partial charge < -0.3 is 4.74 Å². The van der Waals surface area contributed by atoms with E-state index in [4.69, 9.17) is 4.74 Å². The summed E-state index contributed by atoms with van der Waals surface area (Å²) < 4.78 is 6.25. The Bertz CT molecular complexity index is 182. The molecule has 0 aliphatic rings. The van der Waals surface area contributed by atoms with Gasteiger partial charge in [-0.25, -0.2) is 0 Å². The van der Waals surface area contributed by atoms with E-state index in [9.17, 15) is 0 Å². The van der Waals surface area contributed by atoms with Gasteiger partial charge in [0.15, 0.2) is 0 Å². The molecule has 0 N–H and O–H groups in total. The Morgan fingerprint density at radius 3 is 1.25 bits per heavy atom. The molecular formula is C15H36O. The molecule has 0 spiro atoms. The van der Waals surface area contributed by atoms with Crippen LogP contribution in [0.5, 0.6) is 0 Å². The lowest BCUT2D eigenvalue weighted by Gasteiger charge is -2.46. The van der Waals surface area contributed by atoms with Gasteiger partial charge >= 0.3 is 0 Å². The van der Waals surface area contributed by atoms with Gasteiger partial charge in [-0.05, 0) is 39.0 Å². The quantitative estimate of drug-likeness (QED) is 0.621. The lowest BCUT2D eigenvalue weighted by Crippen LogP contribution is -2.47. The Morgan fingerprint density at radius 2 is 1.06 bits per heavy atom. The van der Waals surface area contributed by atoms with Crippen molar-refractivity contribution in [3.8, 4) is 0 Å². The van der Waals surface area contributed by atoms with Crippen LogP contribution < -0.4 is 0 Å². The van der Waals surface area contributed by atoms with Crippen LogP contribution in [0.25, 0.3) is 0 Å². The van der Waals surface area contributed by atoms with Gasteiger partial charge in [-0.3, -0.25) is 0 Å². The lowest BCUT2D eigenvalue weighted by molar-refractivity contribution is -0.185. The van der Waals surface area contributed by atoms with Crippen LogP contribution in [-0.4, -0.2) is 11.2 Å². The van der Waals surface area contributed by atoms with Crippen molar-refractivity contribution in [1.29, 1.82) is 0 Å². The van der Waals surface area contributed by atoms with Crippen LogP contribution in [0.2, 0.25) is 0 Å². The highest BCUT2D eigenvalue weighted by atomic mass is 16.5. The zero-order valence-corrected chi connectivity index (χ0v) is 11.5. The molecule has 0 radical (unpaired) electrons. The summed E-state index contributed by atoms with van der Waals surface area (Å²) in [6.07, 6.45) is 0. The van der Waals surface area contributed by atoms with E-state index in [1.165, 1.54) is 0 Å². The third kappa shape index (κ3) is 5.34. The average Bonchev–Trinajstić information content (AvgIpc) is 1.80. The zero-order valence-electron chi connectivity index (χ0n) is 11.5. The van der Waals surface area contributed by atoms with E-state index in [0.29, 0.717) is 5.92 Å². The van der Waals surface area contributed by atoms with Crippen LogP contribution in [0, 0.1) is 11.3 Å². The lowest BCUT2D eigenvalue weighted by atomic mass is 9.78. The first kappa shape index (κ1) is 21.3. The summed E-state index contributed by atoms with van der Waals surface area (Å²) in [5.74, 6) is 0.532. The highest BCUT2D eigenvalue weighted by Crippen LogP contribution is 2.38. The third-order valence-corrected chi connectivity index (χ3v) is 3.71. The van der Waals surface area contributed by atoms with E-state index in [1.54, 1.807) is 0 Å². The fourth-order valence-electron chi connectivity index (χ4n) is 0.929. The van der Waals surface area contributed by atoms with Crippen molar-refractivity contribution in [3.05, 3.63) is 0 Å². The molecule has 0 aliphatic heterocycles. The van der Waals surface area contributed by atoms with Crippen molar-refractivity contribution in [2.45, 2.75) is 88.4 Å². The van der Waals surface area contributed by atoms with Crippen molar-refractivity contribution in [2.75, 3.05) is 0 Å². The Kier molecular flexibility index (Phi) is 8.04. The minimum Gasteiger partial charge on any atom is -0.369 e. The first-order valence-electron chi connectivity index (χ1n) is 5.60. The fourth-order valence-corrected chi connectivity index (χ4v) is 0.929. The standard InChI is InChI=1S/C13H28O.2CH4/c1-10(2)12(6,7)14-13(8,9)11(3,4)5;;/h10H,1-9H3;2*1H4. The monoisotopic (exact) mass is 232 g/mol. The van der Waals surface area contributed by atoms with E-state index in [1.807, 2.05) is 0 Å². The van der Waals surface area contributed by atoms with Crippen LogP contribution in [0.15, 0.2) is 0 Å². The maximum Gasteiger partial charge on any atom is 0.0681 e. The van der Waals surface area contributed by atoms with Gasteiger partial charge in [0.05, 0.1) is 11.2 Å². The van der Waals surface area contributed by atoms with Crippen molar-refractivity contribution in [3.63, 3.8) is 0 Å². The van der Waals surface area contributed by atoms with E-state index >= 15 is 0 Å². The molecule has 1 heteroatoms. The number of rotatable bonds is 3. The minimum atomic E-state index is -0.0965. The van der Waals surface area contributed by atoms with E-state index in [-0.39, 0.29) is 31.5 Å². The van der Waals surface area contributed by atoms with Gasteiger partial charge in [-0.1, -0.05) is 49.5 Å². The van der Waals surface area contributed by atoms with Crippen LogP contribution in [0.4, 0.5) is 0 Å². The summed E-state index contributed by atoms with van der Waals surface area (Å²) in [6, 6.07) is 0. The van der Waals surface area contributed by atoms with Crippen LogP contribution >= 0.6 is 0 Å². The predicted molar refractivity (Wildman–Crippen MR) is 77.0 cm³/mol. The van der Waals surface area contributed by atoms with Crippen LogP contribution in [0.1, 0.15) is 77.2 Å². The molecule has 102 valence electrons. The van der Waals surface area contributed by atoms with E-state index in [0.717, 1.165) is 0 Å². The van der Waals surface area contributed by atoms with E-state index in [2.05, 4.69) is 62.3 Å². The van der Waals surface area contributed by atoms with E-state index < -0.39 is 0 Å². The zero-order chi connectivity index (χ0) is 11.8. The Morgan fingerprint density at radius 1 is 0.750 bits per heavy atom. The number of ether oxygens (including phenoxy) is 1. The summed E-state index contributed by atoms with van der Waals surface area (Å²) in [5.41, 5.74) is 0.0106. The molecule has 0 amide bonds. The van der Waals surface area contributed by atoms with Gasteiger partial charge in [0.1, 0.15) is 0 Å². The highest BCUT2D eigenvalue weighted by molar-refractivity contribution is 4.88. The molecule has 0 aliphatic carbocycles. The Hall–Kier alpha value is -0.0400.